The van der Waals surface area contributed by atoms with Crippen molar-refractivity contribution < 1.29 is 9.18 Å². The standard InChI is InChI=1S/C20H23FN2OS/c1-16-6-2-3-7-17(16)14-25-15-20(24)23-12-10-22(11-13-23)19-9-5-4-8-18(19)21/h2-9H,10-15H2,1H3. The molecule has 3 rings (SSSR count). The fraction of sp³-hybridized carbons (Fsp3) is 0.350. The summed E-state index contributed by atoms with van der Waals surface area (Å²) in [6.45, 7) is 4.75. The fourth-order valence-electron chi connectivity index (χ4n) is 3.02. The molecule has 2 aromatic carbocycles. The first-order valence-electron chi connectivity index (χ1n) is 8.54. The van der Waals surface area contributed by atoms with Crippen molar-refractivity contribution in [1.29, 1.82) is 0 Å². The molecule has 1 amide bonds. The first-order chi connectivity index (χ1) is 12.1. The number of para-hydroxylation sites is 1. The third-order valence-corrected chi connectivity index (χ3v) is 5.54. The molecule has 0 radical (unpaired) electrons. The molecule has 1 fully saturated rings. The van der Waals surface area contributed by atoms with Crippen LogP contribution in [-0.2, 0) is 10.5 Å². The Bertz CT molecular complexity index is 729. The molecule has 25 heavy (non-hydrogen) atoms. The lowest BCUT2D eigenvalue weighted by Gasteiger charge is -2.36. The Hall–Kier alpha value is -2.01. The molecule has 1 saturated heterocycles. The number of carbonyl (C=O) groups is 1. The highest BCUT2D eigenvalue weighted by atomic mass is 32.2. The third kappa shape index (κ3) is 4.54. The highest BCUT2D eigenvalue weighted by Gasteiger charge is 2.22. The summed E-state index contributed by atoms with van der Waals surface area (Å²) < 4.78 is 13.9. The van der Waals surface area contributed by atoms with Gasteiger partial charge in [0.1, 0.15) is 5.82 Å². The fourth-order valence-corrected chi connectivity index (χ4v) is 4.02. The summed E-state index contributed by atoms with van der Waals surface area (Å²) in [7, 11) is 0. The van der Waals surface area contributed by atoms with Gasteiger partial charge in [-0.1, -0.05) is 36.4 Å². The van der Waals surface area contributed by atoms with Crippen LogP contribution in [0, 0.1) is 12.7 Å². The van der Waals surface area contributed by atoms with Crippen LogP contribution in [0.4, 0.5) is 10.1 Å². The SMILES string of the molecule is Cc1ccccc1CSCC(=O)N1CCN(c2ccccc2F)CC1. The van der Waals surface area contributed by atoms with Gasteiger partial charge < -0.3 is 9.80 Å². The number of piperazine rings is 1. The molecule has 5 heteroatoms. The van der Waals surface area contributed by atoms with E-state index >= 15 is 0 Å². The van der Waals surface area contributed by atoms with Gasteiger partial charge in [-0.25, -0.2) is 4.39 Å². The number of amides is 1. The minimum Gasteiger partial charge on any atom is -0.366 e. The normalized spacial score (nSPS) is 14.6. The van der Waals surface area contributed by atoms with Crippen molar-refractivity contribution in [3.8, 4) is 0 Å². The second-order valence-electron chi connectivity index (χ2n) is 6.24. The number of nitrogens with zero attached hydrogens (tertiary/aromatic N) is 2. The van der Waals surface area contributed by atoms with Crippen LogP contribution in [0.15, 0.2) is 48.5 Å². The molecule has 1 aliphatic heterocycles. The van der Waals surface area contributed by atoms with Gasteiger partial charge in [0.05, 0.1) is 11.4 Å². The number of hydrogen-bond acceptors (Lipinski definition) is 3. The maximum atomic E-state index is 13.9. The molecule has 132 valence electrons. The van der Waals surface area contributed by atoms with Crippen LogP contribution in [-0.4, -0.2) is 42.7 Å². The van der Waals surface area contributed by atoms with Gasteiger partial charge in [-0.3, -0.25) is 4.79 Å². The molecule has 0 aliphatic carbocycles. The van der Waals surface area contributed by atoms with E-state index in [2.05, 4.69) is 19.1 Å². The Kier molecular flexibility index (Phi) is 5.97. The van der Waals surface area contributed by atoms with Crippen LogP contribution in [0.5, 0.6) is 0 Å². The molecular weight excluding hydrogens is 335 g/mol. The zero-order valence-corrected chi connectivity index (χ0v) is 15.3. The minimum atomic E-state index is -0.198. The Labute approximate surface area is 152 Å². The molecule has 0 bridgehead atoms. The van der Waals surface area contributed by atoms with Gasteiger partial charge in [-0.2, -0.15) is 0 Å². The summed E-state index contributed by atoms with van der Waals surface area (Å²) >= 11 is 1.66. The van der Waals surface area contributed by atoms with Gasteiger partial charge >= 0.3 is 0 Å². The topological polar surface area (TPSA) is 23.6 Å². The van der Waals surface area contributed by atoms with Gasteiger partial charge in [0.2, 0.25) is 5.91 Å². The van der Waals surface area contributed by atoms with E-state index in [1.54, 1.807) is 23.9 Å². The molecule has 1 heterocycles. The minimum absolute atomic E-state index is 0.173. The number of anilines is 1. The van der Waals surface area contributed by atoms with Crippen LogP contribution in [0.3, 0.4) is 0 Å². The molecule has 0 atom stereocenters. The van der Waals surface area contributed by atoms with Gasteiger partial charge in [-0.05, 0) is 30.2 Å². The molecule has 0 aromatic heterocycles. The average molecular weight is 358 g/mol. The van der Waals surface area contributed by atoms with E-state index in [0.29, 0.717) is 37.6 Å². The molecule has 1 aliphatic rings. The highest BCUT2D eigenvalue weighted by molar-refractivity contribution is 7.99. The summed E-state index contributed by atoms with van der Waals surface area (Å²) in [5.41, 5.74) is 3.18. The van der Waals surface area contributed by atoms with Crippen molar-refractivity contribution in [2.24, 2.45) is 0 Å². The quantitative estimate of drug-likeness (QED) is 0.814. The molecule has 0 saturated carbocycles. The number of benzene rings is 2. The van der Waals surface area contributed by atoms with E-state index in [1.165, 1.54) is 17.2 Å². The second kappa shape index (κ2) is 8.39. The number of hydrogen-bond donors (Lipinski definition) is 0. The maximum Gasteiger partial charge on any atom is 0.232 e. The Morgan fingerprint density at radius 2 is 1.72 bits per heavy atom. The van der Waals surface area contributed by atoms with E-state index in [4.69, 9.17) is 0 Å². The summed E-state index contributed by atoms with van der Waals surface area (Å²) in [5.74, 6) is 1.32. The van der Waals surface area contributed by atoms with Crippen LogP contribution >= 0.6 is 11.8 Å². The molecular formula is C20H23FN2OS. The number of carbonyl (C=O) groups excluding carboxylic acids is 1. The number of halogens is 1. The van der Waals surface area contributed by atoms with Gasteiger partial charge in [0.15, 0.2) is 0 Å². The monoisotopic (exact) mass is 358 g/mol. The smallest absolute Gasteiger partial charge is 0.232 e. The van der Waals surface area contributed by atoms with Crippen molar-refractivity contribution in [3.05, 3.63) is 65.5 Å². The predicted molar refractivity (Wildman–Crippen MR) is 103 cm³/mol. The average Bonchev–Trinajstić information content (AvgIpc) is 2.64. The van der Waals surface area contributed by atoms with Crippen molar-refractivity contribution in [2.75, 3.05) is 36.8 Å². The first kappa shape index (κ1) is 17.8. The first-order valence-corrected chi connectivity index (χ1v) is 9.70. The van der Waals surface area contributed by atoms with E-state index < -0.39 is 0 Å². The van der Waals surface area contributed by atoms with E-state index in [1.807, 2.05) is 28.0 Å². The molecule has 0 spiro atoms. The van der Waals surface area contributed by atoms with Crippen LogP contribution in [0.25, 0.3) is 0 Å². The third-order valence-electron chi connectivity index (χ3n) is 4.57. The van der Waals surface area contributed by atoms with Crippen molar-refractivity contribution >= 4 is 23.4 Å². The lowest BCUT2D eigenvalue weighted by Crippen LogP contribution is -2.49. The zero-order chi connectivity index (χ0) is 17.6. The number of rotatable bonds is 5. The van der Waals surface area contributed by atoms with Crippen molar-refractivity contribution in [2.45, 2.75) is 12.7 Å². The van der Waals surface area contributed by atoms with Crippen molar-refractivity contribution in [3.63, 3.8) is 0 Å². The Morgan fingerprint density at radius 1 is 1.04 bits per heavy atom. The van der Waals surface area contributed by atoms with Crippen LogP contribution in [0.1, 0.15) is 11.1 Å². The molecule has 2 aromatic rings. The van der Waals surface area contributed by atoms with Crippen molar-refractivity contribution in [1.82, 2.24) is 4.90 Å². The van der Waals surface area contributed by atoms with Gasteiger partial charge in [0, 0.05) is 31.9 Å². The highest BCUT2D eigenvalue weighted by Crippen LogP contribution is 2.21. The van der Waals surface area contributed by atoms with E-state index in [-0.39, 0.29) is 11.7 Å². The lowest BCUT2D eigenvalue weighted by atomic mass is 10.1. The van der Waals surface area contributed by atoms with Crippen LogP contribution < -0.4 is 4.90 Å². The van der Waals surface area contributed by atoms with E-state index in [9.17, 15) is 9.18 Å². The summed E-state index contributed by atoms with van der Waals surface area (Å²) in [6.07, 6.45) is 0. The number of thioether (sulfide) groups is 1. The molecule has 3 nitrogen and oxygen atoms in total. The molecule has 0 unspecified atom stereocenters. The van der Waals surface area contributed by atoms with Gasteiger partial charge in [0.25, 0.3) is 0 Å². The lowest BCUT2D eigenvalue weighted by molar-refractivity contribution is -0.128. The summed E-state index contributed by atoms with van der Waals surface area (Å²) in [5, 5.41) is 0. The summed E-state index contributed by atoms with van der Waals surface area (Å²) in [6, 6.07) is 15.1. The summed E-state index contributed by atoms with van der Waals surface area (Å²) in [4.78, 5) is 16.3. The zero-order valence-electron chi connectivity index (χ0n) is 14.5. The predicted octanol–water partition coefficient (Wildman–Crippen LogP) is 3.72. The number of aryl methyl sites for hydroxylation is 1. The molecule has 0 N–H and O–H groups in total. The maximum absolute atomic E-state index is 13.9. The van der Waals surface area contributed by atoms with Gasteiger partial charge in [-0.15, -0.1) is 11.8 Å². The van der Waals surface area contributed by atoms with Crippen LogP contribution in [0.2, 0.25) is 0 Å². The Balaban J connectivity index is 1.46. The second-order valence-corrected chi connectivity index (χ2v) is 7.22. The largest absolute Gasteiger partial charge is 0.366 e. The van der Waals surface area contributed by atoms with E-state index in [0.717, 1.165) is 5.75 Å². The Morgan fingerprint density at radius 3 is 2.44 bits per heavy atom.